The minimum atomic E-state index is -0.827. The summed E-state index contributed by atoms with van der Waals surface area (Å²) < 4.78 is 25.9. The van der Waals surface area contributed by atoms with Crippen molar-refractivity contribution in [1.29, 1.82) is 0 Å². The number of ether oxygens (including phenoxy) is 5. The van der Waals surface area contributed by atoms with Gasteiger partial charge in [0.1, 0.15) is 11.5 Å². The van der Waals surface area contributed by atoms with Crippen LogP contribution in [0.15, 0.2) is 36.4 Å². The van der Waals surface area contributed by atoms with Gasteiger partial charge in [0, 0.05) is 12.1 Å². The van der Waals surface area contributed by atoms with Crippen LogP contribution in [0.4, 0.5) is 5.69 Å². The van der Waals surface area contributed by atoms with E-state index in [4.69, 9.17) is 23.7 Å². The third-order valence-corrected chi connectivity index (χ3v) is 3.93. The van der Waals surface area contributed by atoms with Crippen LogP contribution in [-0.2, 0) is 9.53 Å². The molecule has 0 saturated heterocycles. The molecule has 0 aliphatic heterocycles. The fourth-order valence-electron chi connectivity index (χ4n) is 2.41. The minimum Gasteiger partial charge on any atom is -0.497 e. The number of anilines is 1. The van der Waals surface area contributed by atoms with E-state index < -0.39 is 18.0 Å². The van der Waals surface area contributed by atoms with Crippen molar-refractivity contribution in [1.82, 2.24) is 0 Å². The molecule has 0 radical (unpaired) electrons. The van der Waals surface area contributed by atoms with Gasteiger partial charge in [0.25, 0.3) is 5.91 Å². The standard InChI is InChI=1S/C20H23NO7/c1-12(28-14-8-6-13(24-2)7-9-14)19(22)21-16-11-18(26-4)17(25-3)10-15(16)20(23)27-5/h6-12H,1-5H3,(H,21,22)/t12-/m0/s1. The van der Waals surface area contributed by atoms with Crippen LogP contribution in [0.3, 0.4) is 0 Å². The van der Waals surface area contributed by atoms with E-state index in [0.29, 0.717) is 23.0 Å². The van der Waals surface area contributed by atoms with Crippen molar-refractivity contribution in [3.05, 3.63) is 42.0 Å². The van der Waals surface area contributed by atoms with Crippen molar-refractivity contribution in [2.24, 2.45) is 0 Å². The first-order valence-corrected chi connectivity index (χ1v) is 8.39. The molecule has 0 spiro atoms. The summed E-state index contributed by atoms with van der Waals surface area (Å²) in [6.07, 6.45) is -0.827. The molecule has 0 heterocycles. The number of hydrogen-bond acceptors (Lipinski definition) is 7. The van der Waals surface area contributed by atoms with Crippen LogP contribution in [-0.4, -0.2) is 46.4 Å². The van der Waals surface area contributed by atoms with Crippen LogP contribution in [0, 0.1) is 0 Å². The highest BCUT2D eigenvalue weighted by Crippen LogP contribution is 2.34. The van der Waals surface area contributed by atoms with Crippen LogP contribution >= 0.6 is 0 Å². The molecule has 8 nitrogen and oxygen atoms in total. The van der Waals surface area contributed by atoms with Crippen molar-refractivity contribution in [2.75, 3.05) is 33.8 Å². The first kappa shape index (κ1) is 20.9. The molecule has 0 fully saturated rings. The van der Waals surface area contributed by atoms with Crippen LogP contribution in [0.1, 0.15) is 17.3 Å². The van der Waals surface area contributed by atoms with Crippen LogP contribution < -0.4 is 24.3 Å². The molecule has 0 aromatic heterocycles. The summed E-state index contributed by atoms with van der Waals surface area (Å²) in [5, 5.41) is 2.67. The number of nitrogens with one attached hydrogen (secondary N) is 1. The Morgan fingerprint density at radius 1 is 0.857 bits per heavy atom. The second kappa shape index (κ2) is 9.50. The predicted octanol–water partition coefficient (Wildman–Crippen LogP) is 2.91. The first-order chi connectivity index (χ1) is 13.4. The van der Waals surface area contributed by atoms with Crippen molar-refractivity contribution in [2.45, 2.75) is 13.0 Å². The van der Waals surface area contributed by atoms with E-state index in [1.165, 1.54) is 33.5 Å². The van der Waals surface area contributed by atoms with Gasteiger partial charge in [-0.25, -0.2) is 4.79 Å². The summed E-state index contributed by atoms with van der Waals surface area (Å²) in [7, 11) is 5.71. The van der Waals surface area contributed by atoms with Gasteiger partial charge in [0.15, 0.2) is 17.6 Å². The van der Waals surface area contributed by atoms with Crippen molar-refractivity contribution in [3.8, 4) is 23.0 Å². The Labute approximate surface area is 163 Å². The molecule has 0 aliphatic carbocycles. The van der Waals surface area contributed by atoms with Gasteiger partial charge in [0.05, 0.1) is 39.7 Å². The quantitative estimate of drug-likeness (QED) is 0.694. The Hall–Kier alpha value is -3.42. The Morgan fingerprint density at radius 2 is 1.43 bits per heavy atom. The molecule has 8 heteroatoms. The number of methoxy groups -OCH3 is 4. The summed E-state index contributed by atoms with van der Waals surface area (Å²) in [5.41, 5.74) is 0.352. The average Bonchev–Trinajstić information content (AvgIpc) is 2.73. The normalized spacial score (nSPS) is 11.2. The molecule has 150 valence electrons. The van der Waals surface area contributed by atoms with E-state index in [1.54, 1.807) is 38.3 Å². The van der Waals surface area contributed by atoms with Gasteiger partial charge in [-0.05, 0) is 31.2 Å². The Kier molecular flexibility index (Phi) is 7.08. The summed E-state index contributed by atoms with van der Waals surface area (Å²) in [4.78, 5) is 24.7. The molecule has 2 aromatic carbocycles. The predicted molar refractivity (Wildman–Crippen MR) is 103 cm³/mol. The molecule has 0 aliphatic rings. The smallest absolute Gasteiger partial charge is 0.340 e. The number of rotatable bonds is 8. The summed E-state index contributed by atoms with van der Waals surface area (Å²) in [6, 6.07) is 9.77. The molecule has 2 aromatic rings. The third-order valence-electron chi connectivity index (χ3n) is 3.93. The Bertz CT molecular complexity index is 833. The summed E-state index contributed by atoms with van der Waals surface area (Å²) in [6.45, 7) is 1.60. The largest absolute Gasteiger partial charge is 0.497 e. The van der Waals surface area contributed by atoms with E-state index in [1.807, 2.05) is 0 Å². The highest BCUT2D eigenvalue weighted by atomic mass is 16.5. The highest BCUT2D eigenvalue weighted by Gasteiger charge is 2.22. The molecule has 1 atom stereocenters. The van der Waals surface area contributed by atoms with Crippen molar-refractivity contribution >= 4 is 17.6 Å². The van der Waals surface area contributed by atoms with Crippen molar-refractivity contribution < 1.29 is 33.3 Å². The zero-order chi connectivity index (χ0) is 20.7. The second-order valence-corrected chi connectivity index (χ2v) is 5.67. The van der Waals surface area contributed by atoms with Gasteiger partial charge in [-0.2, -0.15) is 0 Å². The lowest BCUT2D eigenvalue weighted by Crippen LogP contribution is -2.30. The molecule has 1 amide bonds. The van der Waals surface area contributed by atoms with Gasteiger partial charge < -0.3 is 29.0 Å². The second-order valence-electron chi connectivity index (χ2n) is 5.67. The molecule has 0 saturated carbocycles. The lowest BCUT2D eigenvalue weighted by molar-refractivity contribution is -0.122. The zero-order valence-electron chi connectivity index (χ0n) is 16.4. The number of benzene rings is 2. The van der Waals surface area contributed by atoms with E-state index in [2.05, 4.69) is 5.32 Å². The van der Waals surface area contributed by atoms with E-state index in [0.717, 1.165) is 0 Å². The fourth-order valence-corrected chi connectivity index (χ4v) is 2.41. The number of carbonyl (C=O) groups excluding carboxylic acids is 2. The summed E-state index contributed by atoms with van der Waals surface area (Å²) >= 11 is 0. The number of esters is 1. The van der Waals surface area contributed by atoms with E-state index >= 15 is 0 Å². The van der Waals surface area contributed by atoms with Gasteiger partial charge in [-0.15, -0.1) is 0 Å². The van der Waals surface area contributed by atoms with E-state index in [-0.39, 0.29) is 11.3 Å². The molecular formula is C20H23NO7. The van der Waals surface area contributed by atoms with E-state index in [9.17, 15) is 9.59 Å². The van der Waals surface area contributed by atoms with Crippen LogP contribution in [0.2, 0.25) is 0 Å². The maximum atomic E-state index is 12.6. The number of hydrogen-bond donors (Lipinski definition) is 1. The maximum absolute atomic E-state index is 12.6. The highest BCUT2D eigenvalue weighted by molar-refractivity contribution is 6.03. The Balaban J connectivity index is 2.21. The maximum Gasteiger partial charge on any atom is 0.340 e. The van der Waals surface area contributed by atoms with Gasteiger partial charge in [-0.1, -0.05) is 0 Å². The Morgan fingerprint density at radius 3 is 1.96 bits per heavy atom. The zero-order valence-corrected chi connectivity index (χ0v) is 16.4. The molecule has 28 heavy (non-hydrogen) atoms. The van der Waals surface area contributed by atoms with Gasteiger partial charge >= 0.3 is 5.97 Å². The monoisotopic (exact) mass is 389 g/mol. The lowest BCUT2D eigenvalue weighted by atomic mass is 10.1. The summed E-state index contributed by atoms with van der Waals surface area (Å²) in [5.74, 6) is 0.798. The third kappa shape index (κ3) is 4.85. The lowest BCUT2D eigenvalue weighted by Gasteiger charge is -2.18. The molecule has 0 unspecified atom stereocenters. The van der Waals surface area contributed by atoms with Gasteiger partial charge in [0.2, 0.25) is 0 Å². The minimum absolute atomic E-state index is 0.130. The van der Waals surface area contributed by atoms with Crippen LogP contribution in [0.25, 0.3) is 0 Å². The molecule has 0 bridgehead atoms. The SMILES string of the molecule is COC(=O)c1cc(OC)c(OC)cc1NC(=O)[C@H](C)Oc1ccc(OC)cc1. The number of amides is 1. The average molecular weight is 389 g/mol. The molecule has 1 N–H and O–H groups in total. The van der Waals surface area contributed by atoms with Crippen molar-refractivity contribution in [3.63, 3.8) is 0 Å². The van der Waals surface area contributed by atoms with Gasteiger partial charge in [-0.3, -0.25) is 4.79 Å². The molecular weight excluding hydrogens is 366 g/mol. The first-order valence-electron chi connectivity index (χ1n) is 8.39. The fraction of sp³-hybridized carbons (Fsp3) is 0.300. The molecule has 2 rings (SSSR count). The topological polar surface area (TPSA) is 92.3 Å². The van der Waals surface area contributed by atoms with Crippen LogP contribution in [0.5, 0.6) is 23.0 Å². The number of carbonyl (C=O) groups is 2.